The zero-order valence-electron chi connectivity index (χ0n) is 12.3. The molecule has 100 valence electrons. The van der Waals surface area contributed by atoms with E-state index >= 15 is 0 Å². The molecule has 0 bridgehead atoms. The highest BCUT2D eigenvalue weighted by Gasteiger charge is 2.15. The van der Waals surface area contributed by atoms with Gasteiger partial charge >= 0.3 is 0 Å². The van der Waals surface area contributed by atoms with Crippen LogP contribution in [0.4, 0.5) is 0 Å². The second kappa shape index (κ2) is 9.23. The topological polar surface area (TPSA) is 24.8 Å². The van der Waals surface area contributed by atoms with Crippen LogP contribution in [0.5, 0.6) is 0 Å². The average molecular weight is 240 g/mol. The predicted molar refractivity (Wildman–Crippen MR) is 75.4 cm³/mol. The number of rotatable bonds is 7. The maximum Gasteiger partial charge on any atom is 0.191 e. The normalized spacial score (nSPS) is 15.2. The summed E-state index contributed by atoms with van der Waals surface area (Å²) in [4.78, 5) is 6.77. The third-order valence-corrected chi connectivity index (χ3v) is 2.76. The van der Waals surface area contributed by atoms with Gasteiger partial charge in [-0.15, -0.1) is 0 Å². The summed E-state index contributed by atoms with van der Waals surface area (Å²) in [6, 6.07) is 0. The molecular weight excluding hydrogens is 212 g/mol. The molecule has 0 saturated carbocycles. The van der Waals surface area contributed by atoms with Crippen molar-refractivity contribution in [1.82, 2.24) is 4.90 Å². The molecule has 0 spiro atoms. The van der Waals surface area contributed by atoms with Crippen LogP contribution >= 0.6 is 0 Å². The van der Waals surface area contributed by atoms with Crippen LogP contribution in [-0.2, 0) is 4.74 Å². The Morgan fingerprint density at radius 1 is 1.35 bits per heavy atom. The molecule has 3 heteroatoms. The fourth-order valence-electron chi connectivity index (χ4n) is 1.73. The lowest BCUT2D eigenvalue weighted by Gasteiger charge is -2.18. The van der Waals surface area contributed by atoms with E-state index in [-0.39, 0.29) is 0 Å². The molecule has 0 aromatic heterocycles. The Hall–Kier alpha value is -0.830. The highest BCUT2D eigenvalue weighted by molar-refractivity contribution is 5.79. The van der Waals surface area contributed by atoms with Gasteiger partial charge in [-0.05, 0) is 46.8 Å². The number of ether oxygens (including phenoxy) is 1. The van der Waals surface area contributed by atoms with Gasteiger partial charge in [0.2, 0.25) is 0 Å². The van der Waals surface area contributed by atoms with Gasteiger partial charge in [-0.2, -0.15) is 0 Å². The summed E-state index contributed by atoms with van der Waals surface area (Å²) in [5.74, 6) is 1.29. The second-order valence-corrected chi connectivity index (χ2v) is 4.61. The molecule has 17 heavy (non-hydrogen) atoms. The Labute approximate surface area is 107 Å². The molecule has 0 aliphatic heterocycles. The average Bonchev–Trinajstić information content (AvgIpc) is 2.28. The molecule has 0 fully saturated rings. The summed E-state index contributed by atoms with van der Waals surface area (Å²) >= 11 is 0. The third-order valence-electron chi connectivity index (χ3n) is 2.76. The van der Waals surface area contributed by atoms with Gasteiger partial charge in [0.25, 0.3) is 0 Å². The van der Waals surface area contributed by atoms with E-state index in [1.807, 2.05) is 6.92 Å². The standard InChI is InChI=1S/C14H28N2O/c1-7-9-12(3)15-14(17-6)13(8-2)10-11-16(4)5/h9,13H,7-8,10-11H2,1-6H3/b12-9-,15-14?. The van der Waals surface area contributed by atoms with Crippen LogP contribution in [0, 0.1) is 5.92 Å². The van der Waals surface area contributed by atoms with Gasteiger partial charge in [0.05, 0.1) is 7.11 Å². The van der Waals surface area contributed by atoms with Crippen LogP contribution in [0.1, 0.15) is 40.0 Å². The first-order valence-electron chi connectivity index (χ1n) is 6.49. The molecular formula is C14H28N2O. The molecule has 0 saturated heterocycles. The van der Waals surface area contributed by atoms with Gasteiger partial charge in [0.15, 0.2) is 5.90 Å². The number of allylic oxidation sites excluding steroid dienone is 2. The van der Waals surface area contributed by atoms with Crippen molar-refractivity contribution in [3.63, 3.8) is 0 Å². The molecule has 0 aliphatic carbocycles. The van der Waals surface area contributed by atoms with Crippen molar-refractivity contribution in [3.8, 4) is 0 Å². The van der Waals surface area contributed by atoms with Gasteiger partial charge in [-0.25, -0.2) is 4.99 Å². The fraction of sp³-hybridized carbons (Fsp3) is 0.786. The molecule has 1 unspecified atom stereocenters. The maximum absolute atomic E-state index is 5.44. The molecule has 0 aromatic rings. The molecule has 3 nitrogen and oxygen atoms in total. The molecule has 0 aliphatic rings. The minimum atomic E-state index is 0.419. The van der Waals surface area contributed by atoms with Crippen LogP contribution in [0.3, 0.4) is 0 Å². The van der Waals surface area contributed by atoms with Crippen molar-refractivity contribution in [2.45, 2.75) is 40.0 Å². The Kier molecular flexibility index (Phi) is 8.78. The van der Waals surface area contributed by atoms with E-state index in [2.05, 4.69) is 43.9 Å². The maximum atomic E-state index is 5.44. The van der Waals surface area contributed by atoms with Gasteiger partial charge in [0.1, 0.15) is 0 Å². The monoisotopic (exact) mass is 240 g/mol. The van der Waals surface area contributed by atoms with Gasteiger partial charge in [-0.3, -0.25) is 0 Å². The van der Waals surface area contributed by atoms with Gasteiger partial charge in [0, 0.05) is 11.6 Å². The van der Waals surface area contributed by atoms with Crippen molar-refractivity contribution in [1.29, 1.82) is 0 Å². The van der Waals surface area contributed by atoms with Crippen molar-refractivity contribution < 1.29 is 4.74 Å². The lowest BCUT2D eigenvalue weighted by molar-refractivity contribution is 0.326. The molecule has 0 N–H and O–H groups in total. The molecule has 0 heterocycles. The second-order valence-electron chi connectivity index (χ2n) is 4.61. The minimum Gasteiger partial charge on any atom is -0.484 e. The fourth-order valence-corrected chi connectivity index (χ4v) is 1.73. The van der Waals surface area contributed by atoms with Gasteiger partial charge < -0.3 is 9.64 Å². The largest absolute Gasteiger partial charge is 0.484 e. The van der Waals surface area contributed by atoms with Crippen LogP contribution in [0.2, 0.25) is 0 Å². The van der Waals surface area contributed by atoms with Crippen molar-refractivity contribution >= 4 is 5.90 Å². The van der Waals surface area contributed by atoms with Crippen molar-refractivity contribution in [2.24, 2.45) is 10.9 Å². The highest BCUT2D eigenvalue weighted by atomic mass is 16.5. The Bertz CT molecular complexity index is 257. The van der Waals surface area contributed by atoms with E-state index in [0.29, 0.717) is 5.92 Å². The number of hydrogen-bond acceptors (Lipinski definition) is 3. The van der Waals surface area contributed by atoms with E-state index in [1.54, 1.807) is 7.11 Å². The first kappa shape index (κ1) is 16.2. The summed E-state index contributed by atoms with van der Waals surface area (Å²) in [6.45, 7) is 7.40. The van der Waals surface area contributed by atoms with E-state index in [9.17, 15) is 0 Å². The molecule has 0 radical (unpaired) electrons. The van der Waals surface area contributed by atoms with E-state index in [0.717, 1.165) is 37.4 Å². The summed E-state index contributed by atoms with van der Waals surface area (Å²) in [7, 11) is 5.91. The number of nitrogens with zero attached hydrogens (tertiary/aromatic N) is 2. The first-order valence-corrected chi connectivity index (χ1v) is 6.49. The number of methoxy groups -OCH3 is 1. The van der Waals surface area contributed by atoms with Crippen molar-refractivity contribution in [3.05, 3.63) is 11.8 Å². The summed E-state index contributed by atoms with van der Waals surface area (Å²) < 4.78 is 5.44. The third kappa shape index (κ3) is 7.16. The van der Waals surface area contributed by atoms with Crippen LogP contribution < -0.4 is 0 Å². The smallest absolute Gasteiger partial charge is 0.191 e. The molecule has 0 rings (SSSR count). The Balaban J connectivity index is 4.63. The van der Waals surface area contributed by atoms with Gasteiger partial charge in [-0.1, -0.05) is 19.9 Å². The van der Waals surface area contributed by atoms with E-state index in [1.165, 1.54) is 0 Å². The minimum absolute atomic E-state index is 0.419. The SMILES string of the molecule is CC/C=C(/C)N=C(OC)C(CC)CCN(C)C. The Morgan fingerprint density at radius 2 is 2.00 bits per heavy atom. The van der Waals surface area contributed by atoms with E-state index < -0.39 is 0 Å². The van der Waals surface area contributed by atoms with Crippen LogP contribution in [0.15, 0.2) is 16.8 Å². The van der Waals surface area contributed by atoms with E-state index in [4.69, 9.17) is 4.74 Å². The lowest BCUT2D eigenvalue weighted by atomic mass is 10.0. The predicted octanol–water partition coefficient (Wildman–Crippen LogP) is 3.32. The number of aliphatic imine (C=N–C) groups is 1. The summed E-state index contributed by atoms with van der Waals surface area (Å²) in [5.41, 5.74) is 1.05. The molecule has 0 aromatic carbocycles. The quantitative estimate of drug-likeness (QED) is 0.504. The summed E-state index contributed by atoms with van der Waals surface area (Å²) in [5, 5.41) is 0. The van der Waals surface area contributed by atoms with Crippen LogP contribution in [-0.4, -0.2) is 38.5 Å². The molecule has 1 atom stereocenters. The summed E-state index contributed by atoms with van der Waals surface area (Å²) in [6.07, 6.45) is 5.30. The Morgan fingerprint density at radius 3 is 2.41 bits per heavy atom. The van der Waals surface area contributed by atoms with Crippen LogP contribution in [0.25, 0.3) is 0 Å². The lowest BCUT2D eigenvalue weighted by Crippen LogP contribution is -2.22. The molecule has 0 amide bonds. The zero-order chi connectivity index (χ0) is 13.3. The number of hydrogen-bond donors (Lipinski definition) is 0. The zero-order valence-corrected chi connectivity index (χ0v) is 12.3. The highest BCUT2D eigenvalue weighted by Crippen LogP contribution is 2.14. The first-order chi connectivity index (χ1) is 8.04. The van der Waals surface area contributed by atoms with Crippen molar-refractivity contribution in [2.75, 3.05) is 27.7 Å².